The van der Waals surface area contributed by atoms with Crippen molar-refractivity contribution in [1.82, 2.24) is 0 Å². The molecule has 3 atom stereocenters. The number of aliphatic hydroxyl groups excluding tert-OH is 2. The first-order chi connectivity index (χ1) is 7.59. The standard InChI is InChI=1S/C12H18O4/c1-9(13)5-3-2-4-6-10(14)11-7-8-12(15)16-11/h4,6-11,13-14H,2-3,5H2,1H3/b6-4+/t9-,10+,11+/m1/s1. The van der Waals surface area contributed by atoms with Crippen molar-refractivity contribution in [2.24, 2.45) is 0 Å². The van der Waals surface area contributed by atoms with Crippen molar-refractivity contribution in [1.29, 1.82) is 0 Å². The highest BCUT2D eigenvalue weighted by Gasteiger charge is 2.22. The minimum atomic E-state index is -0.783. The van der Waals surface area contributed by atoms with E-state index in [0.29, 0.717) is 0 Å². The molecule has 0 aromatic rings. The second-order valence-corrected chi connectivity index (χ2v) is 3.96. The minimum absolute atomic E-state index is 0.281. The third-order valence-corrected chi connectivity index (χ3v) is 2.34. The monoisotopic (exact) mass is 226 g/mol. The van der Waals surface area contributed by atoms with E-state index in [1.807, 2.05) is 6.08 Å². The van der Waals surface area contributed by atoms with Crippen molar-refractivity contribution >= 4 is 5.97 Å². The van der Waals surface area contributed by atoms with Crippen LogP contribution in [-0.2, 0) is 9.53 Å². The van der Waals surface area contributed by atoms with Crippen LogP contribution in [-0.4, -0.2) is 34.5 Å². The van der Waals surface area contributed by atoms with Crippen LogP contribution in [0, 0.1) is 0 Å². The molecule has 0 aliphatic carbocycles. The Morgan fingerprint density at radius 2 is 2.31 bits per heavy atom. The number of allylic oxidation sites excluding steroid dienone is 1. The van der Waals surface area contributed by atoms with E-state index >= 15 is 0 Å². The number of ether oxygens (including phenoxy) is 1. The van der Waals surface area contributed by atoms with Gasteiger partial charge < -0.3 is 14.9 Å². The quantitative estimate of drug-likeness (QED) is 0.402. The smallest absolute Gasteiger partial charge is 0.331 e. The summed E-state index contributed by atoms with van der Waals surface area (Å²) in [6.45, 7) is 1.75. The highest BCUT2D eigenvalue weighted by Crippen LogP contribution is 2.11. The van der Waals surface area contributed by atoms with Crippen LogP contribution in [0.15, 0.2) is 24.3 Å². The van der Waals surface area contributed by atoms with Crippen LogP contribution in [0.2, 0.25) is 0 Å². The molecule has 0 saturated carbocycles. The predicted molar refractivity (Wildman–Crippen MR) is 59.7 cm³/mol. The lowest BCUT2D eigenvalue weighted by molar-refractivity contribution is -0.141. The van der Waals surface area contributed by atoms with Crippen molar-refractivity contribution in [3.05, 3.63) is 24.3 Å². The second kappa shape index (κ2) is 6.45. The molecule has 0 aromatic carbocycles. The Balaban J connectivity index is 2.18. The molecule has 2 N–H and O–H groups in total. The summed E-state index contributed by atoms with van der Waals surface area (Å²) < 4.78 is 4.83. The Hall–Kier alpha value is -1.13. The third kappa shape index (κ3) is 4.59. The van der Waals surface area contributed by atoms with Crippen LogP contribution >= 0.6 is 0 Å². The van der Waals surface area contributed by atoms with E-state index in [1.54, 1.807) is 19.1 Å². The summed E-state index contributed by atoms with van der Waals surface area (Å²) in [6.07, 6.45) is 7.13. The van der Waals surface area contributed by atoms with Gasteiger partial charge in [0.2, 0.25) is 0 Å². The van der Waals surface area contributed by atoms with Crippen LogP contribution in [0.4, 0.5) is 0 Å². The Morgan fingerprint density at radius 1 is 1.56 bits per heavy atom. The Morgan fingerprint density at radius 3 is 2.88 bits per heavy atom. The third-order valence-electron chi connectivity index (χ3n) is 2.34. The van der Waals surface area contributed by atoms with E-state index in [0.717, 1.165) is 19.3 Å². The molecule has 4 nitrogen and oxygen atoms in total. The Labute approximate surface area is 95.2 Å². The summed E-state index contributed by atoms with van der Waals surface area (Å²) >= 11 is 0. The van der Waals surface area contributed by atoms with Crippen molar-refractivity contribution < 1.29 is 19.7 Å². The number of hydrogen-bond acceptors (Lipinski definition) is 4. The lowest BCUT2D eigenvalue weighted by atomic mass is 10.1. The van der Waals surface area contributed by atoms with E-state index in [9.17, 15) is 9.90 Å². The van der Waals surface area contributed by atoms with Gasteiger partial charge in [-0.3, -0.25) is 0 Å². The Kier molecular flexibility index (Phi) is 5.22. The number of unbranched alkanes of at least 4 members (excludes halogenated alkanes) is 1. The van der Waals surface area contributed by atoms with Gasteiger partial charge in [0.15, 0.2) is 6.10 Å². The van der Waals surface area contributed by atoms with E-state index in [2.05, 4.69) is 0 Å². The zero-order chi connectivity index (χ0) is 12.0. The van der Waals surface area contributed by atoms with Crippen LogP contribution in [0.5, 0.6) is 0 Å². The summed E-state index contributed by atoms with van der Waals surface area (Å²) in [5, 5.41) is 18.6. The molecule has 0 spiro atoms. The average Bonchev–Trinajstić information content (AvgIpc) is 2.63. The minimum Gasteiger partial charge on any atom is -0.452 e. The zero-order valence-electron chi connectivity index (χ0n) is 9.37. The summed E-state index contributed by atoms with van der Waals surface area (Å²) in [7, 11) is 0. The van der Waals surface area contributed by atoms with E-state index in [4.69, 9.17) is 9.84 Å². The molecule has 0 unspecified atom stereocenters. The molecule has 1 rings (SSSR count). The van der Waals surface area contributed by atoms with Gasteiger partial charge in [0.1, 0.15) is 6.10 Å². The van der Waals surface area contributed by atoms with Crippen molar-refractivity contribution in [3.8, 4) is 0 Å². The van der Waals surface area contributed by atoms with Crippen LogP contribution in [0.1, 0.15) is 26.2 Å². The van der Waals surface area contributed by atoms with Gasteiger partial charge in [-0.25, -0.2) is 4.79 Å². The summed E-state index contributed by atoms with van der Waals surface area (Å²) in [5.41, 5.74) is 0. The predicted octanol–water partition coefficient (Wildman–Crippen LogP) is 0.936. The fraction of sp³-hybridized carbons (Fsp3) is 0.583. The molecule has 0 aromatic heterocycles. The first-order valence-corrected chi connectivity index (χ1v) is 5.51. The molecule has 0 radical (unpaired) electrons. The van der Waals surface area contributed by atoms with Crippen molar-refractivity contribution in [3.63, 3.8) is 0 Å². The molecular formula is C12H18O4. The lowest BCUT2D eigenvalue weighted by Crippen LogP contribution is -2.23. The topological polar surface area (TPSA) is 66.8 Å². The molecule has 90 valence electrons. The molecule has 1 aliphatic heterocycles. The van der Waals surface area contributed by atoms with Gasteiger partial charge in [0.25, 0.3) is 0 Å². The van der Waals surface area contributed by atoms with Crippen LogP contribution < -0.4 is 0 Å². The average molecular weight is 226 g/mol. The summed E-state index contributed by atoms with van der Waals surface area (Å²) in [4.78, 5) is 10.7. The summed E-state index contributed by atoms with van der Waals surface area (Å²) in [6, 6.07) is 0. The fourth-order valence-electron chi connectivity index (χ4n) is 1.45. The van der Waals surface area contributed by atoms with E-state index in [-0.39, 0.29) is 6.10 Å². The Bertz CT molecular complexity index is 281. The number of carbonyl (C=O) groups excluding carboxylic acids is 1. The van der Waals surface area contributed by atoms with Crippen molar-refractivity contribution in [2.45, 2.75) is 44.5 Å². The number of carbonyl (C=O) groups is 1. The molecule has 0 saturated heterocycles. The molecule has 1 heterocycles. The normalized spacial score (nSPS) is 23.7. The maximum atomic E-state index is 10.7. The molecule has 16 heavy (non-hydrogen) atoms. The van der Waals surface area contributed by atoms with E-state index < -0.39 is 18.2 Å². The van der Waals surface area contributed by atoms with Gasteiger partial charge in [-0.2, -0.15) is 0 Å². The molecule has 0 fully saturated rings. The maximum absolute atomic E-state index is 10.7. The number of esters is 1. The second-order valence-electron chi connectivity index (χ2n) is 3.96. The highest BCUT2D eigenvalue weighted by atomic mass is 16.6. The van der Waals surface area contributed by atoms with E-state index in [1.165, 1.54) is 6.08 Å². The SMILES string of the molecule is C[C@@H](O)CCC/C=C/[C@H](O)[C@@H]1C=CC(=O)O1. The van der Waals surface area contributed by atoms with Crippen molar-refractivity contribution in [2.75, 3.05) is 0 Å². The molecule has 4 heteroatoms. The number of rotatable bonds is 6. The fourth-order valence-corrected chi connectivity index (χ4v) is 1.45. The van der Waals surface area contributed by atoms with Gasteiger partial charge in [0, 0.05) is 6.08 Å². The number of hydrogen-bond donors (Lipinski definition) is 2. The molecule has 0 bridgehead atoms. The number of aliphatic hydroxyl groups is 2. The lowest BCUT2D eigenvalue weighted by Gasteiger charge is -2.11. The maximum Gasteiger partial charge on any atom is 0.331 e. The largest absolute Gasteiger partial charge is 0.452 e. The zero-order valence-corrected chi connectivity index (χ0v) is 9.37. The number of cyclic esters (lactones) is 1. The van der Waals surface area contributed by atoms with Crippen LogP contribution in [0.25, 0.3) is 0 Å². The van der Waals surface area contributed by atoms with Gasteiger partial charge in [-0.1, -0.05) is 12.2 Å². The molecule has 1 aliphatic rings. The molecule has 0 amide bonds. The molecular weight excluding hydrogens is 208 g/mol. The first-order valence-electron chi connectivity index (χ1n) is 5.51. The van der Waals surface area contributed by atoms with Gasteiger partial charge in [-0.05, 0) is 32.3 Å². The van der Waals surface area contributed by atoms with Gasteiger partial charge >= 0.3 is 5.97 Å². The first kappa shape index (κ1) is 12.9. The van der Waals surface area contributed by atoms with Crippen LogP contribution in [0.3, 0.4) is 0 Å². The van der Waals surface area contributed by atoms with Gasteiger partial charge in [-0.15, -0.1) is 0 Å². The summed E-state index contributed by atoms with van der Waals surface area (Å²) in [5.74, 6) is -0.411. The highest BCUT2D eigenvalue weighted by molar-refractivity contribution is 5.84. The van der Waals surface area contributed by atoms with Gasteiger partial charge in [0.05, 0.1) is 6.10 Å².